The average Bonchev–Trinajstić information content (AvgIpc) is 2.47. The van der Waals surface area contributed by atoms with Crippen molar-refractivity contribution in [2.24, 2.45) is 0 Å². The predicted molar refractivity (Wildman–Crippen MR) is 80.6 cm³/mol. The van der Waals surface area contributed by atoms with E-state index in [1.165, 1.54) is 17.8 Å². The average molecular weight is 290 g/mol. The minimum atomic E-state index is -0.252. The SMILES string of the molecule is CCc1ccccc1CNC(=O)c1cc(Cl)ncc1N. The summed E-state index contributed by atoms with van der Waals surface area (Å²) in [5.74, 6) is -0.252. The van der Waals surface area contributed by atoms with E-state index < -0.39 is 0 Å². The number of hydrogen-bond acceptors (Lipinski definition) is 3. The third-order valence-corrected chi connectivity index (χ3v) is 3.29. The molecule has 0 aliphatic rings. The molecule has 1 amide bonds. The van der Waals surface area contributed by atoms with E-state index >= 15 is 0 Å². The number of anilines is 1. The highest BCUT2D eigenvalue weighted by Gasteiger charge is 2.11. The maximum absolute atomic E-state index is 12.1. The van der Waals surface area contributed by atoms with Crippen LogP contribution in [0.15, 0.2) is 36.5 Å². The lowest BCUT2D eigenvalue weighted by molar-refractivity contribution is 0.0951. The van der Waals surface area contributed by atoms with Gasteiger partial charge in [0.05, 0.1) is 17.4 Å². The molecule has 2 aromatic rings. The number of nitrogen functional groups attached to an aromatic ring is 1. The van der Waals surface area contributed by atoms with Crippen molar-refractivity contribution in [3.8, 4) is 0 Å². The van der Waals surface area contributed by atoms with E-state index in [0.717, 1.165) is 12.0 Å². The van der Waals surface area contributed by atoms with Gasteiger partial charge in [-0.25, -0.2) is 4.98 Å². The van der Waals surface area contributed by atoms with Crippen LogP contribution in [0.5, 0.6) is 0 Å². The van der Waals surface area contributed by atoms with Crippen LogP contribution in [0.2, 0.25) is 5.15 Å². The van der Waals surface area contributed by atoms with Crippen molar-refractivity contribution in [1.82, 2.24) is 10.3 Å². The fourth-order valence-electron chi connectivity index (χ4n) is 1.98. The lowest BCUT2D eigenvalue weighted by atomic mass is 10.1. The third kappa shape index (κ3) is 3.27. The summed E-state index contributed by atoms with van der Waals surface area (Å²) in [7, 11) is 0. The van der Waals surface area contributed by atoms with Gasteiger partial charge in [-0.3, -0.25) is 4.79 Å². The molecule has 0 atom stereocenters. The lowest BCUT2D eigenvalue weighted by Gasteiger charge is -2.10. The summed E-state index contributed by atoms with van der Waals surface area (Å²) in [5, 5.41) is 3.10. The third-order valence-electron chi connectivity index (χ3n) is 3.08. The van der Waals surface area contributed by atoms with Crippen LogP contribution in [0.25, 0.3) is 0 Å². The first-order valence-electron chi connectivity index (χ1n) is 6.37. The molecular formula is C15H16ClN3O. The standard InChI is InChI=1S/C15H16ClN3O/c1-2-10-5-3-4-6-11(10)8-19-15(20)12-7-14(16)18-9-13(12)17/h3-7,9H,2,8,17H2,1H3,(H,19,20). The number of halogens is 1. The maximum Gasteiger partial charge on any atom is 0.253 e. The molecule has 0 bridgehead atoms. The number of amides is 1. The van der Waals surface area contributed by atoms with Gasteiger partial charge in [0.25, 0.3) is 5.91 Å². The van der Waals surface area contributed by atoms with Gasteiger partial charge < -0.3 is 11.1 Å². The summed E-state index contributed by atoms with van der Waals surface area (Å²) >= 11 is 5.78. The highest BCUT2D eigenvalue weighted by molar-refractivity contribution is 6.29. The van der Waals surface area contributed by atoms with Crippen LogP contribution in [0, 0.1) is 0 Å². The summed E-state index contributed by atoms with van der Waals surface area (Å²) in [6.45, 7) is 2.55. The number of rotatable bonds is 4. The highest BCUT2D eigenvalue weighted by atomic mass is 35.5. The molecule has 0 aliphatic heterocycles. The number of aromatic nitrogens is 1. The second-order valence-corrected chi connectivity index (χ2v) is 4.79. The van der Waals surface area contributed by atoms with Crippen LogP contribution in [0.4, 0.5) is 5.69 Å². The Morgan fingerprint density at radius 1 is 1.35 bits per heavy atom. The number of benzene rings is 1. The van der Waals surface area contributed by atoms with E-state index in [2.05, 4.69) is 23.3 Å². The minimum absolute atomic E-state index is 0.248. The summed E-state index contributed by atoms with van der Waals surface area (Å²) in [5.41, 5.74) is 8.71. The Morgan fingerprint density at radius 2 is 2.05 bits per heavy atom. The molecule has 0 saturated heterocycles. The molecule has 0 spiro atoms. The summed E-state index contributed by atoms with van der Waals surface area (Å²) in [6, 6.07) is 9.47. The molecule has 0 unspecified atom stereocenters. The molecule has 0 radical (unpaired) electrons. The van der Waals surface area contributed by atoms with E-state index in [1.54, 1.807) is 0 Å². The molecule has 1 aromatic carbocycles. The molecule has 1 heterocycles. The van der Waals surface area contributed by atoms with Crippen LogP contribution < -0.4 is 11.1 Å². The van der Waals surface area contributed by atoms with Gasteiger partial charge in [-0.2, -0.15) is 0 Å². The number of carbonyl (C=O) groups excluding carboxylic acids is 1. The fraction of sp³-hybridized carbons (Fsp3) is 0.200. The first-order chi connectivity index (χ1) is 9.61. The minimum Gasteiger partial charge on any atom is -0.397 e. The van der Waals surface area contributed by atoms with Crippen molar-refractivity contribution in [3.05, 3.63) is 58.4 Å². The molecular weight excluding hydrogens is 274 g/mol. The van der Waals surface area contributed by atoms with Crippen molar-refractivity contribution in [2.75, 3.05) is 5.73 Å². The van der Waals surface area contributed by atoms with Crippen molar-refractivity contribution in [3.63, 3.8) is 0 Å². The number of nitrogens with two attached hydrogens (primary N) is 1. The number of nitrogens with one attached hydrogen (secondary N) is 1. The van der Waals surface area contributed by atoms with E-state index in [9.17, 15) is 4.79 Å². The number of aryl methyl sites for hydroxylation is 1. The zero-order chi connectivity index (χ0) is 14.5. The second-order valence-electron chi connectivity index (χ2n) is 4.40. The van der Waals surface area contributed by atoms with Crippen molar-refractivity contribution < 1.29 is 4.79 Å². The molecule has 104 valence electrons. The zero-order valence-corrected chi connectivity index (χ0v) is 11.9. The normalized spacial score (nSPS) is 10.3. The Morgan fingerprint density at radius 3 is 2.75 bits per heavy atom. The second kappa shape index (κ2) is 6.39. The topological polar surface area (TPSA) is 68.0 Å². The summed E-state index contributed by atoms with van der Waals surface area (Å²) < 4.78 is 0. The Balaban J connectivity index is 2.11. The summed E-state index contributed by atoms with van der Waals surface area (Å²) in [4.78, 5) is 15.9. The predicted octanol–water partition coefficient (Wildman–Crippen LogP) is 2.81. The number of nitrogens with zero attached hydrogens (tertiary/aromatic N) is 1. The monoisotopic (exact) mass is 289 g/mol. The number of carbonyl (C=O) groups is 1. The molecule has 1 aromatic heterocycles. The van der Waals surface area contributed by atoms with Crippen LogP contribution in [-0.2, 0) is 13.0 Å². The van der Waals surface area contributed by atoms with Crippen molar-refractivity contribution in [2.45, 2.75) is 19.9 Å². The van der Waals surface area contributed by atoms with Crippen LogP contribution in [0.3, 0.4) is 0 Å². The van der Waals surface area contributed by atoms with Gasteiger partial charge in [0, 0.05) is 6.54 Å². The Bertz CT molecular complexity index is 628. The van der Waals surface area contributed by atoms with E-state index in [-0.39, 0.29) is 11.1 Å². The molecule has 4 nitrogen and oxygen atoms in total. The molecule has 3 N–H and O–H groups in total. The lowest BCUT2D eigenvalue weighted by Crippen LogP contribution is -2.24. The molecule has 2 rings (SSSR count). The number of pyridine rings is 1. The highest BCUT2D eigenvalue weighted by Crippen LogP contribution is 2.15. The van der Waals surface area contributed by atoms with Gasteiger partial charge in [0.1, 0.15) is 5.15 Å². The molecule has 0 saturated carbocycles. The molecule has 0 fully saturated rings. The van der Waals surface area contributed by atoms with E-state index in [1.807, 2.05) is 18.2 Å². The molecule has 20 heavy (non-hydrogen) atoms. The Kier molecular flexibility index (Phi) is 4.58. The quantitative estimate of drug-likeness (QED) is 0.851. The van der Waals surface area contributed by atoms with Gasteiger partial charge >= 0.3 is 0 Å². The van der Waals surface area contributed by atoms with Crippen molar-refractivity contribution >= 4 is 23.2 Å². The smallest absolute Gasteiger partial charge is 0.253 e. The van der Waals surface area contributed by atoms with Gasteiger partial charge in [-0.1, -0.05) is 42.8 Å². The fourth-order valence-corrected chi connectivity index (χ4v) is 2.14. The maximum atomic E-state index is 12.1. The molecule has 0 aliphatic carbocycles. The van der Waals surface area contributed by atoms with Gasteiger partial charge in [0.2, 0.25) is 0 Å². The zero-order valence-electron chi connectivity index (χ0n) is 11.2. The van der Waals surface area contributed by atoms with Crippen LogP contribution >= 0.6 is 11.6 Å². The summed E-state index contributed by atoms with van der Waals surface area (Å²) in [6.07, 6.45) is 2.31. The van der Waals surface area contributed by atoms with E-state index in [0.29, 0.717) is 17.8 Å². The van der Waals surface area contributed by atoms with Gasteiger partial charge in [-0.05, 0) is 23.6 Å². The Hall–Kier alpha value is -2.07. The van der Waals surface area contributed by atoms with Crippen LogP contribution in [0.1, 0.15) is 28.4 Å². The first-order valence-corrected chi connectivity index (χ1v) is 6.75. The van der Waals surface area contributed by atoms with Crippen molar-refractivity contribution in [1.29, 1.82) is 0 Å². The first kappa shape index (κ1) is 14.3. The van der Waals surface area contributed by atoms with Gasteiger partial charge in [0.15, 0.2) is 0 Å². The largest absolute Gasteiger partial charge is 0.397 e. The number of hydrogen-bond donors (Lipinski definition) is 2. The molecule has 5 heteroatoms. The Labute approximate surface area is 123 Å². The van der Waals surface area contributed by atoms with E-state index in [4.69, 9.17) is 17.3 Å². The van der Waals surface area contributed by atoms with Crippen LogP contribution in [-0.4, -0.2) is 10.9 Å². The van der Waals surface area contributed by atoms with Gasteiger partial charge in [-0.15, -0.1) is 0 Å².